The summed E-state index contributed by atoms with van der Waals surface area (Å²) in [6.07, 6.45) is 0. The van der Waals surface area contributed by atoms with Crippen molar-refractivity contribution < 1.29 is 18.9 Å². The molecule has 0 amide bonds. The second kappa shape index (κ2) is 10.1. The van der Waals surface area contributed by atoms with Gasteiger partial charge in [0.1, 0.15) is 11.5 Å². The Morgan fingerprint density at radius 1 is 0.676 bits per heavy atom. The second-order valence-electron chi connectivity index (χ2n) is 7.55. The van der Waals surface area contributed by atoms with Gasteiger partial charge in [-0.15, -0.1) is 0 Å². The van der Waals surface area contributed by atoms with Gasteiger partial charge in [0.2, 0.25) is 0 Å². The maximum Gasteiger partial charge on any atom is 0.267 e. The lowest BCUT2D eigenvalue weighted by atomic mass is 10.00. The summed E-state index contributed by atoms with van der Waals surface area (Å²) in [5, 5.41) is 4.77. The fourth-order valence-corrected chi connectivity index (χ4v) is 3.71. The van der Waals surface area contributed by atoms with Crippen LogP contribution in [0.3, 0.4) is 0 Å². The van der Waals surface area contributed by atoms with E-state index in [2.05, 4.69) is 0 Å². The van der Waals surface area contributed by atoms with E-state index in [-0.39, 0.29) is 12.1 Å². The zero-order valence-electron chi connectivity index (χ0n) is 19.6. The van der Waals surface area contributed by atoms with E-state index >= 15 is 0 Å². The Morgan fingerprint density at radius 3 is 1.82 bits per heavy atom. The number of nitrogens with zero attached hydrogens (tertiary/aromatic N) is 2. The molecule has 1 aromatic heterocycles. The van der Waals surface area contributed by atoms with Crippen LogP contribution in [0, 0.1) is 0 Å². The topological polar surface area (TPSA) is 71.8 Å². The Bertz CT molecular complexity index is 1330. The zero-order chi connectivity index (χ0) is 24.1. The third-order valence-corrected chi connectivity index (χ3v) is 5.54. The minimum atomic E-state index is -0.210. The third kappa shape index (κ3) is 4.73. The first-order chi connectivity index (χ1) is 16.6. The molecule has 0 radical (unpaired) electrons. The van der Waals surface area contributed by atoms with Gasteiger partial charge < -0.3 is 18.9 Å². The van der Waals surface area contributed by atoms with Crippen molar-refractivity contribution in [2.45, 2.75) is 6.54 Å². The van der Waals surface area contributed by atoms with Crippen molar-refractivity contribution in [1.29, 1.82) is 0 Å². The van der Waals surface area contributed by atoms with Crippen LogP contribution in [-0.4, -0.2) is 38.2 Å². The Kier molecular flexibility index (Phi) is 6.82. The molecule has 3 aromatic carbocycles. The highest BCUT2D eigenvalue weighted by Gasteiger charge is 2.15. The van der Waals surface area contributed by atoms with Crippen molar-refractivity contribution in [2.24, 2.45) is 0 Å². The van der Waals surface area contributed by atoms with Gasteiger partial charge in [0, 0.05) is 17.2 Å². The molecule has 4 aromatic rings. The molecule has 7 nitrogen and oxygen atoms in total. The molecule has 4 rings (SSSR count). The quantitative estimate of drug-likeness (QED) is 0.382. The summed E-state index contributed by atoms with van der Waals surface area (Å²) in [6.45, 7) is 0.283. The van der Waals surface area contributed by atoms with Gasteiger partial charge in [-0.1, -0.05) is 18.2 Å². The van der Waals surface area contributed by atoms with Crippen LogP contribution in [0.2, 0.25) is 0 Å². The summed E-state index contributed by atoms with van der Waals surface area (Å²) >= 11 is 0. The van der Waals surface area contributed by atoms with E-state index in [0.717, 1.165) is 33.8 Å². The van der Waals surface area contributed by atoms with Gasteiger partial charge in [0.15, 0.2) is 11.5 Å². The lowest BCUT2D eigenvalue weighted by Gasteiger charge is -2.14. The predicted molar refractivity (Wildman–Crippen MR) is 131 cm³/mol. The second-order valence-corrected chi connectivity index (χ2v) is 7.55. The summed E-state index contributed by atoms with van der Waals surface area (Å²) in [6, 6.07) is 22.3. The van der Waals surface area contributed by atoms with E-state index in [4.69, 9.17) is 24.0 Å². The lowest BCUT2D eigenvalue weighted by molar-refractivity contribution is 0.354. The average Bonchev–Trinajstić information content (AvgIpc) is 2.89. The molecule has 0 aliphatic rings. The van der Waals surface area contributed by atoms with E-state index in [1.807, 2.05) is 66.7 Å². The lowest BCUT2D eigenvalue weighted by Crippen LogP contribution is -2.24. The Balaban J connectivity index is 1.81. The third-order valence-electron chi connectivity index (χ3n) is 5.54. The van der Waals surface area contributed by atoms with Crippen LogP contribution in [-0.2, 0) is 6.54 Å². The van der Waals surface area contributed by atoms with Crippen molar-refractivity contribution >= 4 is 0 Å². The Hall–Kier alpha value is -4.26. The molecule has 0 N–H and O–H groups in total. The van der Waals surface area contributed by atoms with Crippen molar-refractivity contribution in [3.05, 3.63) is 88.7 Å². The first kappa shape index (κ1) is 22.9. The molecule has 0 atom stereocenters. The van der Waals surface area contributed by atoms with Gasteiger partial charge in [-0.3, -0.25) is 4.79 Å². The first-order valence-corrected chi connectivity index (χ1v) is 10.7. The van der Waals surface area contributed by atoms with Crippen LogP contribution in [0.15, 0.2) is 77.6 Å². The van der Waals surface area contributed by atoms with E-state index in [1.165, 1.54) is 4.68 Å². The highest BCUT2D eigenvalue weighted by molar-refractivity contribution is 5.80. The molecule has 0 aliphatic carbocycles. The molecule has 1 heterocycles. The minimum absolute atomic E-state index is 0.210. The molecule has 0 unspecified atom stereocenters. The molecule has 7 heteroatoms. The van der Waals surface area contributed by atoms with Crippen molar-refractivity contribution in [3.63, 3.8) is 0 Å². The molecule has 0 spiro atoms. The molecule has 0 bridgehead atoms. The Labute approximate surface area is 198 Å². The van der Waals surface area contributed by atoms with Gasteiger partial charge >= 0.3 is 0 Å². The highest BCUT2D eigenvalue weighted by atomic mass is 16.5. The SMILES string of the molecule is COc1ccc(-c2cc(=O)n(Cc3ccc(OC)c(OC)c3)nc2-c2ccc(OC)cc2)cc1. The van der Waals surface area contributed by atoms with Crippen molar-refractivity contribution in [1.82, 2.24) is 9.78 Å². The number of methoxy groups -OCH3 is 4. The fourth-order valence-electron chi connectivity index (χ4n) is 3.71. The molecule has 0 aliphatic heterocycles. The summed E-state index contributed by atoms with van der Waals surface area (Å²) < 4.78 is 22.7. The largest absolute Gasteiger partial charge is 0.497 e. The summed E-state index contributed by atoms with van der Waals surface area (Å²) in [5.74, 6) is 2.71. The normalized spacial score (nSPS) is 10.6. The number of rotatable bonds is 8. The van der Waals surface area contributed by atoms with Crippen LogP contribution in [0.25, 0.3) is 22.4 Å². The van der Waals surface area contributed by atoms with Crippen molar-refractivity contribution in [3.8, 4) is 45.4 Å². The monoisotopic (exact) mass is 458 g/mol. The summed E-state index contributed by atoms with van der Waals surface area (Å²) in [4.78, 5) is 13.1. The van der Waals surface area contributed by atoms with Gasteiger partial charge in [0.25, 0.3) is 5.56 Å². The maximum absolute atomic E-state index is 13.1. The zero-order valence-corrected chi connectivity index (χ0v) is 19.6. The van der Waals surface area contributed by atoms with Crippen LogP contribution < -0.4 is 24.5 Å². The molecule has 0 saturated heterocycles. The van der Waals surface area contributed by atoms with Gasteiger partial charge in [-0.2, -0.15) is 5.10 Å². The van der Waals surface area contributed by atoms with Gasteiger partial charge in [-0.05, 0) is 59.7 Å². The van der Waals surface area contributed by atoms with E-state index in [1.54, 1.807) is 34.5 Å². The maximum atomic E-state index is 13.1. The minimum Gasteiger partial charge on any atom is -0.497 e. The standard InChI is InChI=1S/C27H26N2O5/c1-31-21-10-6-19(7-11-21)23-16-26(30)29(17-18-5-14-24(33-3)25(15-18)34-4)28-27(23)20-8-12-22(32-2)13-9-20/h5-16H,17H2,1-4H3. The number of benzene rings is 3. The molecule has 0 saturated carbocycles. The van der Waals surface area contributed by atoms with Gasteiger partial charge in [0.05, 0.1) is 40.7 Å². The molecular formula is C27H26N2O5. The van der Waals surface area contributed by atoms with Crippen molar-refractivity contribution in [2.75, 3.05) is 28.4 Å². The molecule has 34 heavy (non-hydrogen) atoms. The fraction of sp³-hybridized carbons (Fsp3) is 0.185. The predicted octanol–water partition coefficient (Wildman–Crippen LogP) is 4.66. The highest BCUT2D eigenvalue weighted by Crippen LogP contribution is 2.32. The number of ether oxygens (including phenoxy) is 4. The number of hydrogen-bond acceptors (Lipinski definition) is 6. The van der Waals surface area contributed by atoms with E-state index in [9.17, 15) is 4.79 Å². The molecular weight excluding hydrogens is 432 g/mol. The van der Waals surface area contributed by atoms with Crippen LogP contribution in [0.4, 0.5) is 0 Å². The summed E-state index contributed by atoms with van der Waals surface area (Å²) in [7, 11) is 6.41. The average molecular weight is 459 g/mol. The Morgan fingerprint density at radius 2 is 1.26 bits per heavy atom. The van der Waals surface area contributed by atoms with Crippen LogP contribution in [0.1, 0.15) is 5.56 Å². The molecule has 0 fully saturated rings. The number of aromatic nitrogens is 2. The molecule has 174 valence electrons. The van der Waals surface area contributed by atoms with E-state index in [0.29, 0.717) is 17.2 Å². The van der Waals surface area contributed by atoms with E-state index < -0.39 is 0 Å². The van der Waals surface area contributed by atoms with Gasteiger partial charge in [-0.25, -0.2) is 4.68 Å². The van der Waals surface area contributed by atoms with Crippen LogP contribution >= 0.6 is 0 Å². The smallest absolute Gasteiger partial charge is 0.267 e. The first-order valence-electron chi connectivity index (χ1n) is 10.7. The number of hydrogen-bond donors (Lipinski definition) is 0. The van der Waals surface area contributed by atoms with Crippen LogP contribution in [0.5, 0.6) is 23.0 Å². The summed E-state index contributed by atoms with van der Waals surface area (Å²) in [5.41, 5.74) is 3.82.